The van der Waals surface area contributed by atoms with Gasteiger partial charge in [0.2, 0.25) is 0 Å². The summed E-state index contributed by atoms with van der Waals surface area (Å²) in [5, 5.41) is 3.74. The number of hydrogen-bond donors (Lipinski definition) is 1. The van der Waals surface area contributed by atoms with Gasteiger partial charge in [-0.25, -0.2) is 0 Å². The third-order valence-electron chi connectivity index (χ3n) is 3.83. The number of aryl methyl sites for hydroxylation is 1. The number of amides is 1. The summed E-state index contributed by atoms with van der Waals surface area (Å²) in [5.74, 6) is 0.562. The maximum Gasteiger partial charge on any atom is 0.258 e. The average molecular weight is 361 g/mol. The topological polar surface area (TPSA) is 41.6 Å². The fourth-order valence-electron chi connectivity index (χ4n) is 2.49. The van der Waals surface area contributed by atoms with E-state index >= 15 is 0 Å². The lowest BCUT2D eigenvalue weighted by Crippen LogP contribution is -2.34. The highest BCUT2D eigenvalue weighted by Gasteiger charge is 2.15. The van der Waals surface area contributed by atoms with Crippen LogP contribution in [0.5, 0.6) is 5.75 Å². The number of nitrogens with one attached hydrogen (secondary N) is 1. The van der Waals surface area contributed by atoms with Crippen molar-refractivity contribution in [3.63, 3.8) is 0 Å². The molecule has 0 aliphatic rings. The fraction of sp³-hybridized carbons (Fsp3) is 0.350. The smallest absolute Gasteiger partial charge is 0.258 e. The summed E-state index contributed by atoms with van der Waals surface area (Å²) in [4.78, 5) is 14.4. The Bertz CT molecular complexity index is 686. The van der Waals surface area contributed by atoms with Crippen LogP contribution in [0.15, 0.2) is 48.5 Å². The Morgan fingerprint density at radius 3 is 2.56 bits per heavy atom. The van der Waals surface area contributed by atoms with E-state index in [1.807, 2.05) is 69.6 Å². The van der Waals surface area contributed by atoms with Crippen LogP contribution >= 0.6 is 11.6 Å². The van der Waals surface area contributed by atoms with Crippen molar-refractivity contribution in [2.75, 3.05) is 27.2 Å². The van der Waals surface area contributed by atoms with E-state index in [1.165, 1.54) is 0 Å². The quantitative estimate of drug-likeness (QED) is 0.777. The number of benzene rings is 2. The average Bonchev–Trinajstić information content (AvgIpc) is 2.57. The molecule has 1 unspecified atom stereocenters. The molecule has 0 radical (unpaired) electrons. The standard InChI is InChI=1S/C20H25ClN2O2/c1-15-5-4-6-18(13-15)25-14-20(24)22-19(11-12-23(2)3)16-7-9-17(21)10-8-16/h4-10,13,19H,11-12,14H2,1-3H3,(H,22,24). The van der Waals surface area contributed by atoms with Crippen molar-refractivity contribution in [1.82, 2.24) is 10.2 Å². The minimum Gasteiger partial charge on any atom is -0.484 e. The largest absolute Gasteiger partial charge is 0.484 e. The van der Waals surface area contributed by atoms with E-state index in [0.29, 0.717) is 10.8 Å². The van der Waals surface area contributed by atoms with Gasteiger partial charge in [-0.15, -0.1) is 0 Å². The first-order valence-corrected chi connectivity index (χ1v) is 8.71. The molecule has 0 spiro atoms. The minimum atomic E-state index is -0.139. The molecule has 1 N–H and O–H groups in total. The second-order valence-corrected chi connectivity index (χ2v) is 6.81. The Kier molecular flexibility index (Phi) is 7.29. The normalized spacial score (nSPS) is 12.0. The number of carbonyl (C=O) groups is 1. The molecule has 2 aromatic rings. The zero-order chi connectivity index (χ0) is 18.2. The van der Waals surface area contributed by atoms with E-state index < -0.39 is 0 Å². The van der Waals surface area contributed by atoms with E-state index in [1.54, 1.807) is 0 Å². The predicted molar refractivity (Wildman–Crippen MR) is 102 cm³/mol. The van der Waals surface area contributed by atoms with Crippen molar-refractivity contribution in [2.45, 2.75) is 19.4 Å². The molecule has 5 heteroatoms. The van der Waals surface area contributed by atoms with Gasteiger partial charge in [-0.05, 0) is 69.4 Å². The molecule has 0 aliphatic heterocycles. The Labute approximate surface area is 154 Å². The minimum absolute atomic E-state index is 0.00446. The lowest BCUT2D eigenvalue weighted by atomic mass is 10.0. The van der Waals surface area contributed by atoms with Crippen molar-refractivity contribution >= 4 is 17.5 Å². The molecule has 4 nitrogen and oxygen atoms in total. The third-order valence-corrected chi connectivity index (χ3v) is 4.08. The summed E-state index contributed by atoms with van der Waals surface area (Å²) in [7, 11) is 4.03. The van der Waals surface area contributed by atoms with Gasteiger partial charge in [-0.1, -0.05) is 35.9 Å². The van der Waals surface area contributed by atoms with Crippen LogP contribution in [-0.2, 0) is 4.79 Å². The monoisotopic (exact) mass is 360 g/mol. The van der Waals surface area contributed by atoms with E-state index in [4.69, 9.17) is 16.3 Å². The summed E-state index contributed by atoms with van der Waals surface area (Å²) < 4.78 is 5.59. The van der Waals surface area contributed by atoms with Crippen molar-refractivity contribution in [3.05, 3.63) is 64.7 Å². The van der Waals surface area contributed by atoms with Gasteiger partial charge in [0.1, 0.15) is 5.75 Å². The lowest BCUT2D eigenvalue weighted by Gasteiger charge is -2.21. The highest BCUT2D eigenvalue weighted by Crippen LogP contribution is 2.20. The maximum absolute atomic E-state index is 12.3. The molecule has 0 saturated carbocycles. The van der Waals surface area contributed by atoms with Gasteiger partial charge >= 0.3 is 0 Å². The molecule has 2 aromatic carbocycles. The second-order valence-electron chi connectivity index (χ2n) is 6.37. The van der Waals surface area contributed by atoms with Gasteiger partial charge in [-0.3, -0.25) is 4.79 Å². The molecule has 25 heavy (non-hydrogen) atoms. The van der Waals surface area contributed by atoms with Crippen LogP contribution in [0.4, 0.5) is 0 Å². The zero-order valence-electron chi connectivity index (χ0n) is 15.0. The van der Waals surface area contributed by atoms with Crippen LogP contribution in [0.1, 0.15) is 23.6 Å². The molecule has 134 valence electrons. The van der Waals surface area contributed by atoms with Crippen LogP contribution in [0.2, 0.25) is 5.02 Å². The molecule has 0 saturated heterocycles. The van der Waals surface area contributed by atoms with Gasteiger partial charge in [0.25, 0.3) is 5.91 Å². The first-order valence-electron chi connectivity index (χ1n) is 8.33. The van der Waals surface area contributed by atoms with Crippen molar-refractivity contribution < 1.29 is 9.53 Å². The highest BCUT2D eigenvalue weighted by molar-refractivity contribution is 6.30. The van der Waals surface area contributed by atoms with Gasteiger partial charge in [0.05, 0.1) is 6.04 Å². The van der Waals surface area contributed by atoms with Crippen LogP contribution in [0, 0.1) is 6.92 Å². The van der Waals surface area contributed by atoms with Crippen LogP contribution in [0.3, 0.4) is 0 Å². The SMILES string of the molecule is Cc1cccc(OCC(=O)NC(CCN(C)C)c2ccc(Cl)cc2)c1. The third kappa shape index (κ3) is 6.77. The molecule has 1 amide bonds. The number of nitrogens with zero attached hydrogens (tertiary/aromatic N) is 1. The Morgan fingerprint density at radius 1 is 1.20 bits per heavy atom. The zero-order valence-corrected chi connectivity index (χ0v) is 15.7. The first kappa shape index (κ1) is 19.3. The molecule has 0 aliphatic carbocycles. The number of carbonyl (C=O) groups excluding carboxylic acids is 1. The lowest BCUT2D eigenvalue weighted by molar-refractivity contribution is -0.123. The molecule has 0 aromatic heterocycles. The molecule has 2 rings (SSSR count). The van der Waals surface area contributed by atoms with Gasteiger partial charge in [-0.2, -0.15) is 0 Å². The second kappa shape index (κ2) is 9.44. The molecule has 0 bridgehead atoms. The van der Waals surface area contributed by atoms with E-state index in [0.717, 1.165) is 24.1 Å². The van der Waals surface area contributed by atoms with Gasteiger partial charge < -0.3 is 15.0 Å². The van der Waals surface area contributed by atoms with Crippen LogP contribution in [0.25, 0.3) is 0 Å². The summed E-state index contributed by atoms with van der Waals surface area (Å²) in [6.45, 7) is 2.85. The molecular formula is C20H25ClN2O2. The molecule has 0 fully saturated rings. The number of ether oxygens (including phenoxy) is 1. The number of halogens is 1. The number of rotatable bonds is 8. The van der Waals surface area contributed by atoms with Crippen molar-refractivity contribution in [2.24, 2.45) is 0 Å². The van der Waals surface area contributed by atoms with Crippen molar-refractivity contribution in [3.8, 4) is 5.75 Å². The Hall–Kier alpha value is -2.04. The molecule has 0 heterocycles. The predicted octanol–water partition coefficient (Wildman–Crippen LogP) is 3.84. The van der Waals surface area contributed by atoms with Crippen LogP contribution < -0.4 is 10.1 Å². The summed E-state index contributed by atoms with van der Waals surface area (Å²) in [5.41, 5.74) is 2.14. The van der Waals surface area contributed by atoms with Gasteiger partial charge in [0, 0.05) is 5.02 Å². The highest BCUT2D eigenvalue weighted by atomic mass is 35.5. The van der Waals surface area contributed by atoms with Crippen LogP contribution in [-0.4, -0.2) is 38.1 Å². The first-order chi connectivity index (χ1) is 11.9. The fourth-order valence-corrected chi connectivity index (χ4v) is 2.62. The van der Waals surface area contributed by atoms with E-state index in [-0.39, 0.29) is 18.6 Å². The number of hydrogen-bond acceptors (Lipinski definition) is 3. The van der Waals surface area contributed by atoms with E-state index in [2.05, 4.69) is 10.2 Å². The summed E-state index contributed by atoms with van der Waals surface area (Å²) in [6, 6.07) is 15.2. The molecular weight excluding hydrogens is 336 g/mol. The Balaban J connectivity index is 1.97. The molecule has 1 atom stereocenters. The summed E-state index contributed by atoms with van der Waals surface area (Å²) >= 11 is 5.96. The van der Waals surface area contributed by atoms with Gasteiger partial charge in [0.15, 0.2) is 6.61 Å². The van der Waals surface area contributed by atoms with Crippen molar-refractivity contribution in [1.29, 1.82) is 0 Å². The van der Waals surface area contributed by atoms with E-state index in [9.17, 15) is 4.79 Å². The maximum atomic E-state index is 12.3. The summed E-state index contributed by atoms with van der Waals surface area (Å²) in [6.07, 6.45) is 0.810. The Morgan fingerprint density at radius 2 is 1.92 bits per heavy atom.